The average molecular weight is 413 g/mol. The summed E-state index contributed by atoms with van der Waals surface area (Å²) in [6.45, 7) is 1.81. The Bertz CT molecular complexity index is 818. The van der Waals surface area contributed by atoms with Gasteiger partial charge in [0.2, 0.25) is 5.91 Å². The minimum absolute atomic E-state index is 0.00995. The van der Waals surface area contributed by atoms with Crippen LogP contribution in [0.4, 0.5) is 5.69 Å². The van der Waals surface area contributed by atoms with Gasteiger partial charge in [-0.1, -0.05) is 0 Å². The second-order valence-electron chi connectivity index (χ2n) is 9.49. The summed E-state index contributed by atoms with van der Waals surface area (Å²) in [6.07, 6.45) is 10.2. The molecule has 5 rings (SSSR count). The van der Waals surface area contributed by atoms with E-state index in [0.29, 0.717) is 12.0 Å². The molecule has 3 atom stereocenters. The van der Waals surface area contributed by atoms with Gasteiger partial charge in [-0.25, -0.2) is 0 Å². The largest absolute Gasteiger partial charge is 0.378 e. The summed E-state index contributed by atoms with van der Waals surface area (Å²) < 4.78 is 5.41. The molecule has 4 heterocycles. The number of rotatable bonds is 5. The van der Waals surface area contributed by atoms with Crippen molar-refractivity contribution in [2.24, 2.45) is 11.7 Å². The van der Waals surface area contributed by atoms with Crippen LogP contribution in [0.2, 0.25) is 0 Å². The number of hydrogen-bond acceptors (Lipinski definition) is 6. The van der Waals surface area contributed by atoms with Gasteiger partial charge in [-0.15, -0.1) is 0 Å². The number of ketones is 1. The molecule has 0 spiro atoms. The van der Waals surface area contributed by atoms with Crippen molar-refractivity contribution in [2.75, 3.05) is 25.1 Å². The molecule has 7 nitrogen and oxygen atoms in total. The quantitative estimate of drug-likeness (QED) is 0.794. The van der Waals surface area contributed by atoms with Gasteiger partial charge in [0.15, 0.2) is 5.78 Å². The highest BCUT2D eigenvalue weighted by molar-refractivity contribution is 5.93. The summed E-state index contributed by atoms with van der Waals surface area (Å²) in [5, 5.41) is 0. The van der Waals surface area contributed by atoms with Gasteiger partial charge in [-0.3, -0.25) is 14.6 Å². The summed E-state index contributed by atoms with van der Waals surface area (Å²) in [6, 6.07) is 1.59. The van der Waals surface area contributed by atoms with E-state index in [-0.39, 0.29) is 29.7 Å². The topological polar surface area (TPSA) is 88.8 Å². The molecule has 0 unspecified atom stereocenters. The number of hydrogen-bond donors (Lipinski definition) is 1. The van der Waals surface area contributed by atoms with Crippen LogP contribution in [0.15, 0.2) is 18.5 Å². The number of Topliss-reactive ketones (excluding diaryl/α,β-unsaturated/α-hetero) is 1. The molecule has 1 amide bonds. The van der Waals surface area contributed by atoms with Gasteiger partial charge in [0, 0.05) is 50.2 Å². The standard InChI is InChI=1S/C23H32N4O3/c1-30-17-12-26(13-17)20-7-8-25-11-18(20)14-9-15(10-14)22(28)21-6-5-16-3-2-4-19(24)23(29)27(16)21/h7-8,11,14-17,19,21H,2-6,9-10,12-13,24H2,1H3/t14?,15?,16-,19-,21-/m0/s1. The summed E-state index contributed by atoms with van der Waals surface area (Å²) in [7, 11) is 1.76. The SMILES string of the molecule is COC1CN(c2ccncc2C2CC(C(=O)[C@@H]3CC[C@@H]4CCC[C@H](N)C(=O)N43)C2)C1. The minimum atomic E-state index is -0.442. The van der Waals surface area contributed by atoms with Crippen LogP contribution in [0.3, 0.4) is 0 Å². The highest BCUT2D eigenvalue weighted by Crippen LogP contribution is 2.47. The molecule has 2 N–H and O–H groups in total. The molecular formula is C23H32N4O3. The molecule has 0 bridgehead atoms. The molecule has 0 aromatic carbocycles. The molecule has 3 aliphatic heterocycles. The van der Waals surface area contributed by atoms with Crippen LogP contribution in [0.5, 0.6) is 0 Å². The van der Waals surface area contributed by atoms with Gasteiger partial charge >= 0.3 is 0 Å². The average Bonchev–Trinajstić information content (AvgIpc) is 3.04. The van der Waals surface area contributed by atoms with E-state index < -0.39 is 6.04 Å². The molecule has 3 saturated heterocycles. The highest BCUT2D eigenvalue weighted by Gasteiger charge is 2.48. The van der Waals surface area contributed by atoms with Crippen molar-refractivity contribution in [1.29, 1.82) is 0 Å². The number of amides is 1. The second-order valence-corrected chi connectivity index (χ2v) is 9.49. The molecule has 1 aromatic heterocycles. The molecule has 1 aromatic rings. The lowest BCUT2D eigenvalue weighted by Crippen LogP contribution is -2.53. The molecule has 1 aliphatic carbocycles. The smallest absolute Gasteiger partial charge is 0.240 e. The minimum Gasteiger partial charge on any atom is -0.378 e. The van der Waals surface area contributed by atoms with Crippen molar-refractivity contribution < 1.29 is 14.3 Å². The predicted molar refractivity (Wildman–Crippen MR) is 113 cm³/mol. The van der Waals surface area contributed by atoms with E-state index in [9.17, 15) is 9.59 Å². The zero-order valence-electron chi connectivity index (χ0n) is 17.7. The van der Waals surface area contributed by atoms with Crippen LogP contribution in [0, 0.1) is 5.92 Å². The molecule has 4 fully saturated rings. The Balaban J connectivity index is 1.24. The number of fused-ring (bicyclic) bond motifs is 1. The van der Waals surface area contributed by atoms with Crippen molar-refractivity contribution in [3.63, 3.8) is 0 Å². The molecule has 162 valence electrons. The Kier molecular flexibility index (Phi) is 5.27. The number of methoxy groups -OCH3 is 1. The number of pyridine rings is 1. The van der Waals surface area contributed by atoms with Crippen LogP contribution < -0.4 is 10.6 Å². The van der Waals surface area contributed by atoms with E-state index in [1.165, 1.54) is 11.3 Å². The maximum Gasteiger partial charge on any atom is 0.240 e. The fourth-order valence-corrected chi connectivity index (χ4v) is 5.83. The lowest BCUT2D eigenvalue weighted by Gasteiger charge is -2.44. The zero-order chi connectivity index (χ0) is 20.8. The number of carbonyl (C=O) groups is 2. The van der Waals surface area contributed by atoms with Crippen LogP contribution >= 0.6 is 0 Å². The van der Waals surface area contributed by atoms with E-state index in [1.807, 2.05) is 17.3 Å². The summed E-state index contributed by atoms with van der Waals surface area (Å²) in [4.78, 5) is 34.7. The molecular weight excluding hydrogens is 380 g/mol. The number of anilines is 1. The molecule has 0 radical (unpaired) electrons. The number of ether oxygens (including phenoxy) is 1. The van der Waals surface area contributed by atoms with Gasteiger partial charge < -0.3 is 20.3 Å². The molecule has 7 heteroatoms. The van der Waals surface area contributed by atoms with Crippen LogP contribution in [-0.2, 0) is 14.3 Å². The van der Waals surface area contributed by atoms with Crippen molar-refractivity contribution >= 4 is 17.4 Å². The fraction of sp³-hybridized carbons (Fsp3) is 0.696. The molecule has 4 aliphatic rings. The normalized spacial score (nSPS) is 34.2. The third-order valence-electron chi connectivity index (χ3n) is 7.79. The highest BCUT2D eigenvalue weighted by atomic mass is 16.5. The van der Waals surface area contributed by atoms with Crippen LogP contribution in [0.1, 0.15) is 56.4 Å². The van der Waals surface area contributed by atoms with Gasteiger partial charge in [-0.05, 0) is 62.5 Å². The lowest BCUT2D eigenvalue weighted by molar-refractivity contribution is -0.142. The Morgan fingerprint density at radius 2 is 2.00 bits per heavy atom. The summed E-state index contributed by atoms with van der Waals surface area (Å²) in [5.74, 6) is 0.653. The summed E-state index contributed by atoms with van der Waals surface area (Å²) >= 11 is 0. The van der Waals surface area contributed by atoms with Crippen LogP contribution in [-0.4, -0.2) is 66.0 Å². The van der Waals surface area contributed by atoms with Gasteiger partial charge in [-0.2, -0.15) is 0 Å². The molecule has 30 heavy (non-hydrogen) atoms. The first-order valence-electron chi connectivity index (χ1n) is 11.4. The number of nitrogens with zero attached hydrogens (tertiary/aromatic N) is 3. The first-order valence-corrected chi connectivity index (χ1v) is 11.4. The van der Waals surface area contributed by atoms with Gasteiger partial charge in [0.25, 0.3) is 0 Å². The van der Waals surface area contributed by atoms with Gasteiger partial charge in [0.05, 0.1) is 18.2 Å². The Morgan fingerprint density at radius 3 is 2.77 bits per heavy atom. The second kappa shape index (κ2) is 7.93. The maximum absolute atomic E-state index is 13.3. The van der Waals surface area contributed by atoms with Crippen LogP contribution in [0.25, 0.3) is 0 Å². The van der Waals surface area contributed by atoms with Crippen molar-refractivity contribution in [3.05, 3.63) is 24.0 Å². The van der Waals surface area contributed by atoms with E-state index >= 15 is 0 Å². The van der Waals surface area contributed by atoms with E-state index in [2.05, 4.69) is 16.0 Å². The Morgan fingerprint density at radius 1 is 1.20 bits per heavy atom. The van der Waals surface area contributed by atoms with Gasteiger partial charge in [0.1, 0.15) is 0 Å². The van der Waals surface area contributed by atoms with Crippen molar-refractivity contribution in [3.8, 4) is 0 Å². The maximum atomic E-state index is 13.3. The monoisotopic (exact) mass is 412 g/mol. The van der Waals surface area contributed by atoms with E-state index in [0.717, 1.165) is 58.0 Å². The zero-order valence-corrected chi connectivity index (χ0v) is 17.7. The predicted octanol–water partition coefficient (Wildman–Crippen LogP) is 1.85. The number of aromatic nitrogens is 1. The van der Waals surface area contributed by atoms with E-state index in [1.54, 1.807) is 7.11 Å². The Labute approximate surface area is 177 Å². The number of nitrogens with two attached hydrogens (primary N) is 1. The lowest BCUT2D eigenvalue weighted by atomic mass is 9.68. The first kappa shape index (κ1) is 19.9. The van der Waals surface area contributed by atoms with Crippen molar-refractivity contribution in [1.82, 2.24) is 9.88 Å². The Hall–Kier alpha value is -1.99. The summed E-state index contributed by atoms with van der Waals surface area (Å²) in [5.41, 5.74) is 8.55. The molecule has 1 saturated carbocycles. The fourth-order valence-electron chi connectivity index (χ4n) is 5.83. The number of carbonyl (C=O) groups excluding carboxylic acids is 2. The third-order valence-corrected chi connectivity index (χ3v) is 7.79. The first-order chi connectivity index (χ1) is 14.6. The van der Waals surface area contributed by atoms with Crippen molar-refractivity contribution in [2.45, 2.75) is 75.1 Å². The third kappa shape index (κ3) is 3.32. The van der Waals surface area contributed by atoms with E-state index in [4.69, 9.17) is 10.5 Å².